The highest BCUT2D eigenvalue weighted by Crippen LogP contribution is 2.34. The molecule has 1 aliphatic heterocycles. The maximum Gasteiger partial charge on any atom is 0.272 e. The van der Waals surface area contributed by atoms with Crippen molar-refractivity contribution in [2.24, 2.45) is 5.10 Å². The number of benzene rings is 2. The van der Waals surface area contributed by atoms with Gasteiger partial charge in [0, 0.05) is 10.6 Å². The van der Waals surface area contributed by atoms with Crippen molar-refractivity contribution in [3.63, 3.8) is 0 Å². The van der Waals surface area contributed by atoms with Crippen LogP contribution >= 0.6 is 23.2 Å². The van der Waals surface area contributed by atoms with Gasteiger partial charge in [0.25, 0.3) is 5.91 Å². The minimum absolute atomic E-state index is 0.171. The fourth-order valence-corrected chi connectivity index (χ4v) is 2.32. The summed E-state index contributed by atoms with van der Waals surface area (Å²) in [6.07, 6.45) is 1.48. The molecule has 0 saturated carbocycles. The number of fused-ring (bicyclic) bond motifs is 1. The van der Waals surface area contributed by atoms with Crippen LogP contribution < -0.4 is 14.9 Å². The summed E-state index contributed by atoms with van der Waals surface area (Å²) in [6.45, 7) is 0.171. The molecule has 0 aliphatic carbocycles. The first-order chi connectivity index (χ1) is 10.6. The van der Waals surface area contributed by atoms with Crippen molar-refractivity contribution < 1.29 is 14.3 Å². The Hall–Kier alpha value is -2.24. The zero-order valence-electron chi connectivity index (χ0n) is 11.2. The van der Waals surface area contributed by atoms with E-state index in [0.29, 0.717) is 27.1 Å². The van der Waals surface area contributed by atoms with Crippen LogP contribution in [0.3, 0.4) is 0 Å². The second-order valence-electron chi connectivity index (χ2n) is 4.40. The molecule has 0 saturated heterocycles. The molecule has 2 aromatic rings. The predicted molar refractivity (Wildman–Crippen MR) is 84.1 cm³/mol. The number of nitrogens with one attached hydrogen (secondary N) is 1. The van der Waals surface area contributed by atoms with Gasteiger partial charge >= 0.3 is 0 Å². The smallest absolute Gasteiger partial charge is 0.272 e. The number of para-hydroxylation sites is 1. The lowest BCUT2D eigenvalue weighted by molar-refractivity contribution is 0.0955. The van der Waals surface area contributed by atoms with Crippen LogP contribution in [0.2, 0.25) is 10.0 Å². The molecule has 0 aromatic heterocycles. The van der Waals surface area contributed by atoms with Gasteiger partial charge in [0.2, 0.25) is 6.79 Å². The van der Waals surface area contributed by atoms with Gasteiger partial charge in [-0.25, -0.2) is 5.43 Å². The zero-order valence-corrected chi connectivity index (χ0v) is 12.7. The first-order valence-corrected chi connectivity index (χ1v) is 7.08. The molecule has 112 valence electrons. The van der Waals surface area contributed by atoms with Crippen LogP contribution in [0.15, 0.2) is 41.5 Å². The lowest BCUT2D eigenvalue weighted by Gasteiger charge is -2.03. The van der Waals surface area contributed by atoms with Gasteiger partial charge in [-0.15, -0.1) is 0 Å². The van der Waals surface area contributed by atoms with Crippen LogP contribution in [-0.4, -0.2) is 18.9 Å². The molecule has 0 fully saturated rings. The highest BCUT2D eigenvalue weighted by atomic mass is 35.5. The van der Waals surface area contributed by atoms with Crippen LogP contribution in [0.5, 0.6) is 11.5 Å². The van der Waals surface area contributed by atoms with E-state index in [9.17, 15) is 4.79 Å². The van der Waals surface area contributed by atoms with Crippen LogP contribution in [0.25, 0.3) is 0 Å². The van der Waals surface area contributed by atoms with Crippen LogP contribution in [-0.2, 0) is 0 Å². The number of hydrazone groups is 1. The maximum absolute atomic E-state index is 12.0. The predicted octanol–water partition coefficient (Wildman–Crippen LogP) is 3.49. The molecule has 1 N–H and O–H groups in total. The maximum atomic E-state index is 12.0. The van der Waals surface area contributed by atoms with Crippen molar-refractivity contribution in [3.8, 4) is 11.5 Å². The summed E-state index contributed by atoms with van der Waals surface area (Å²) in [7, 11) is 0. The van der Waals surface area contributed by atoms with E-state index < -0.39 is 5.91 Å². The van der Waals surface area contributed by atoms with Gasteiger partial charge in [0.1, 0.15) is 0 Å². The zero-order chi connectivity index (χ0) is 15.5. The third kappa shape index (κ3) is 3.00. The van der Waals surface area contributed by atoms with Gasteiger partial charge in [-0.05, 0) is 30.3 Å². The monoisotopic (exact) mass is 336 g/mol. The number of nitrogens with zero attached hydrogens (tertiary/aromatic N) is 1. The third-order valence-electron chi connectivity index (χ3n) is 2.97. The molecular weight excluding hydrogens is 327 g/mol. The summed E-state index contributed by atoms with van der Waals surface area (Å²) < 4.78 is 10.6. The van der Waals surface area contributed by atoms with Crippen molar-refractivity contribution >= 4 is 35.3 Å². The van der Waals surface area contributed by atoms with Crippen molar-refractivity contribution in [2.45, 2.75) is 0 Å². The quantitative estimate of drug-likeness (QED) is 0.689. The molecular formula is C15H10Cl2N2O3. The van der Waals surface area contributed by atoms with E-state index in [-0.39, 0.29) is 12.4 Å². The van der Waals surface area contributed by atoms with E-state index in [0.717, 1.165) is 0 Å². The van der Waals surface area contributed by atoms with Gasteiger partial charge in [0.05, 0.1) is 16.8 Å². The molecule has 2 aromatic carbocycles. The first kappa shape index (κ1) is 14.7. The van der Waals surface area contributed by atoms with Gasteiger partial charge in [-0.1, -0.05) is 29.3 Å². The van der Waals surface area contributed by atoms with Gasteiger partial charge in [0.15, 0.2) is 11.5 Å². The van der Waals surface area contributed by atoms with E-state index in [1.54, 1.807) is 24.3 Å². The average molecular weight is 337 g/mol. The topological polar surface area (TPSA) is 59.9 Å². The summed E-state index contributed by atoms with van der Waals surface area (Å²) in [5, 5.41) is 4.63. The number of carbonyl (C=O) groups is 1. The molecule has 0 spiro atoms. The van der Waals surface area contributed by atoms with E-state index in [2.05, 4.69) is 10.5 Å². The lowest BCUT2D eigenvalue weighted by Crippen LogP contribution is -2.18. The summed E-state index contributed by atoms with van der Waals surface area (Å²) >= 11 is 11.8. The van der Waals surface area contributed by atoms with E-state index in [4.69, 9.17) is 32.7 Å². The van der Waals surface area contributed by atoms with Gasteiger partial charge in [-0.2, -0.15) is 5.10 Å². The molecule has 22 heavy (non-hydrogen) atoms. The largest absolute Gasteiger partial charge is 0.454 e. The number of carbonyl (C=O) groups excluding carboxylic acids is 1. The Morgan fingerprint density at radius 2 is 2.09 bits per heavy atom. The molecule has 5 nitrogen and oxygen atoms in total. The van der Waals surface area contributed by atoms with Gasteiger partial charge in [-0.3, -0.25) is 4.79 Å². The number of rotatable bonds is 3. The summed E-state index contributed by atoms with van der Waals surface area (Å²) in [6, 6.07) is 10.0. The second kappa shape index (κ2) is 6.25. The Balaban J connectivity index is 1.74. The molecule has 1 heterocycles. The van der Waals surface area contributed by atoms with E-state index in [1.165, 1.54) is 12.3 Å². The fourth-order valence-electron chi connectivity index (χ4n) is 1.95. The Labute approximate surface area is 136 Å². The molecule has 0 atom stereocenters. The lowest BCUT2D eigenvalue weighted by atomic mass is 10.2. The highest BCUT2D eigenvalue weighted by Gasteiger charge is 2.16. The average Bonchev–Trinajstić information content (AvgIpc) is 2.99. The Bertz CT molecular complexity index is 762. The Kier molecular flexibility index (Phi) is 4.18. The molecule has 1 aliphatic rings. The number of hydrogen-bond acceptors (Lipinski definition) is 4. The third-order valence-corrected chi connectivity index (χ3v) is 3.53. The van der Waals surface area contributed by atoms with Crippen molar-refractivity contribution in [2.75, 3.05) is 6.79 Å². The molecule has 0 bridgehead atoms. The molecule has 0 radical (unpaired) electrons. The molecule has 1 amide bonds. The number of halogens is 2. The van der Waals surface area contributed by atoms with E-state index in [1.807, 2.05) is 6.07 Å². The molecule has 7 heteroatoms. The standard InChI is InChI=1S/C15H10Cl2N2O3/c16-10-4-5-12(17)11(6-10)15(20)19-18-7-9-2-1-3-13-14(9)22-8-21-13/h1-7H,8H2,(H,19,20). The van der Waals surface area contributed by atoms with Crippen molar-refractivity contribution in [1.29, 1.82) is 0 Å². The van der Waals surface area contributed by atoms with Crippen LogP contribution in [0.4, 0.5) is 0 Å². The Morgan fingerprint density at radius 3 is 2.95 bits per heavy atom. The van der Waals surface area contributed by atoms with Crippen LogP contribution in [0.1, 0.15) is 15.9 Å². The normalized spacial score (nSPS) is 12.6. The summed E-state index contributed by atoms with van der Waals surface area (Å²) in [4.78, 5) is 12.0. The number of amides is 1. The minimum atomic E-state index is -0.450. The second-order valence-corrected chi connectivity index (χ2v) is 5.25. The molecule has 0 unspecified atom stereocenters. The number of hydrogen-bond donors (Lipinski definition) is 1. The highest BCUT2D eigenvalue weighted by molar-refractivity contribution is 6.35. The van der Waals surface area contributed by atoms with Crippen LogP contribution in [0, 0.1) is 0 Å². The number of ether oxygens (including phenoxy) is 2. The Morgan fingerprint density at radius 1 is 1.23 bits per heavy atom. The summed E-state index contributed by atoms with van der Waals surface area (Å²) in [5.74, 6) is 0.794. The molecule has 3 rings (SSSR count). The minimum Gasteiger partial charge on any atom is -0.454 e. The first-order valence-electron chi connectivity index (χ1n) is 6.32. The summed E-state index contributed by atoms with van der Waals surface area (Å²) in [5.41, 5.74) is 3.35. The van der Waals surface area contributed by atoms with Gasteiger partial charge < -0.3 is 9.47 Å². The van der Waals surface area contributed by atoms with E-state index >= 15 is 0 Å². The fraction of sp³-hybridized carbons (Fsp3) is 0.0667. The van der Waals surface area contributed by atoms with Crippen molar-refractivity contribution in [3.05, 3.63) is 57.6 Å². The van der Waals surface area contributed by atoms with Crippen molar-refractivity contribution in [1.82, 2.24) is 5.43 Å². The SMILES string of the molecule is O=C(NN=Cc1cccc2c1OCO2)c1cc(Cl)ccc1Cl.